The minimum Gasteiger partial charge on any atom is -0.493 e. The molecule has 0 bridgehead atoms. The van der Waals surface area contributed by atoms with Crippen molar-refractivity contribution in [2.75, 3.05) is 33.4 Å². The third kappa shape index (κ3) is 7.13. The van der Waals surface area contributed by atoms with Crippen molar-refractivity contribution in [2.24, 2.45) is 5.92 Å². The van der Waals surface area contributed by atoms with Gasteiger partial charge in [-0.15, -0.1) is 11.3 Å². The van der Waals surface area contributed by atoms with E-state index in [1.807, 2.05) is 49.9 Å². The zero-order chi connectivity index (χ0) is 25.6. The van der Waals surface area contributed by atoms with E-state index in [0.717, 1.165) is 18.4 Å². The van der Waals surface area contributed by atoms with Gasteiger partial charge in [0, 0.05) is 23.5 Å². The summed E-state index contributed by atoms with van der Waals surface area (Å²) in [5.41, 5.74) is 0.743. The molecule has 0 spiro atoms. The van der Waals surface area contributed by atoms with E-state index in [0.29, 0.717) is 37.1 Å². The Kier molecular flexibility index (Phi) is 9.05. The Labute approximate surface area is 213 Å². The van der Waals surface area contributed by atoms with E-state index in [-0.39, 0.29) is 30.1 Å². The first-order valence-corrected chi connectivity index (χ1v) is 13.2. The first-order chi connectivity index (χ1) is 16.6. The Hall–Kier alpha value is -2.74. The summed E-state index contributed by atoms with van der Waals surface area (Å²) in [6.45, 7) is 11.5. The fourth-order valence-electron chi connectivity index (χ4n) is 4.16. The number of amides is 3. The predicted octanol–water partition coefficient (Wildman–Crippen LogP) is 5.12. The molecule has 7 nitrogen and oxygen atoms in total. The van der Waals surface area contributed by atoms with Crippen LogP contribution in [0.4, 0.5) is 4.79 Å². The van der Waals surface area contributed by atoms with Gasteiger partial charge in [-0.25, -0.2) is 4.79 Å². The first kappa shape index (κ1) is 26.9. The minimum absolute atomic E-state index is 0.0386. The van der Waals surface area contributed by atoms with Gasteiger partial charge in [0.15, 0.2) is 11.5 Å². The fourth-order valence-corrected chi connectivity index (χ4v) is 5.09. The minimum atomic E-state index is -0.379. The average molecular weight is 502 g/mol. The molecule has 1 aromatic carbocycles. The van der Waals surface area contributed by atoms with Gasteiger partial charge in [0.2, 0.25) is 5.91 Å². The maximum absolute atomic E-state index is 13.7. The van der Waals surface area contributed by atoms with Gasteiger partial charge in [-0.2, -0.15) is 0 Å². The van der Waals surface area contributed by atoms with E-state index in [9.17, 15) is 9.59 Å². The van der Waals surface area contributed by atoms with Gasteiger partial charge in [0.25, 0.3) is 0 Å². The van der Waals surface area contributed by atoms with Crippen LogP contribution in [0.2, 0.25) is 0 Å². The molecular formula is C27H39N3O4S. The highest BCUT2D eigenvalue weighted by Crippen LogP contribution is 2.35. The molecule has 0 saturated carbocycles. The van der Waals surface area contributed by atoms with Crippen LogP contribution in [0.25, 0.3) is 0 Å². The standard InChI is InChI=1S/C27H39N3O4S/c1-7-19(2)16-29(26(32)28-27(3,4)5)17-25(31)30-14-12-24-20(13-15-35-24)21(30)18-34-23-11-9-8-10-22(23)33-6/h8-11,13,15,19,21H,7,12,14,16-18H2,1-6H3,(H,28,32)/t19-,21-/m1/s1. The summed E-state index contributed by atoms with van der Waals surface area (Å²) >= 11 is 1.72. The van der Waals surface area contributed by atoms with E-state index >= 15 is 0 Å². The topological polar surface area (TPSA) is 71.1 Å². The number of nitrogens with one attached hydrogen (secondary N) is 1. The van der Waals surface area contributed by atoms with Gasteiger partial charge in [-0.1, -0.05) is 32.4 Å². The maximum atomic E-state index is 13.7. The van der Waals surface area contributed by atoms with Gasteiger partial charge >= 0.3 is 6.03 Å². The van der Waals surface area contributed by atoms with E-state index in [2.05, 4.69) is 30.6 Å². The van der Waals surface area contributed by atoms with Crippen molar-refractivity contribution in [3.63, 3.8) is 0 Å². The predicted molar refractivity (Wildman–Crippen MR) is 140 cm³/mol. The van der Waals surface area contributed by atoms with Gasteiger partial charge in [0.1, 0.15) is 13.2 Å². The zero-order valence-electron chi connectivity index (χ0n) is 21.8. The molecule has 1 N–H and O–H groups in total. The fraction of sp³-hybridized carbons (Fsp3) is 0.556. The zero-order valence-corrected chi connectivity index (χ0v) is 22.6. The van der Waals surface area contributed by atoms with Crippen molar-refractivity contribution in [2.45, 2.75) is 59.0 Å². The molecule has 3 amide bonds. The van der Waals surface area contributed by atoms with Crippen LogP contribution in [-0.2, 0) is 11.2 Å². The highest BCUT2D eigenvalue weighted by atomic mass is 32.1. The molecule has 0 saturated heterocycles. The van der Waals surface area contributed by atoms with Crippen molar-refractivity contribution < 1.29 is 19.1 Å². The number of para-hydroxylation sites is 2. The van der Waals surface area contributed by atoms with E-state index in [4.69, 9.17) is 9.47 Å². The average Bonchev–Trinajstić information content (AvgIpc) is 3.30. The molecule has 2 aromatic rings. The van der Waals surface area contributed by atoms with Gasteiger partial charge in [-0.3, -0.25) is 4.79 Å². The van der Waals surface area contributed by atoms with Crippen molar-refractivity contribution in [3.8, 4) is 11.5 Å². The van der Waals surface area contributed by atoms with Crippen LogP contribution in [0, 0.1) is 5.92 Å². The molecule has 2 heterocycles. The third-order valence-corrected chi connectivity index (χ3v) is 7.20. The number of benzene rings is 1. The quantitative estimate of drug-likeness (QED) is 0.518. The van der Waals surface area contributed by atoms with E-state index in [1.165, 1.54) is 4.88 Å². The Morgan fingerprint density at radius 2 is 1.94 bits per heavy atom. The molecule has 3 rings (SSSR count). The van der Waals surface area contributed by atoms with Crippen molar-refractivity contribution in [1.29, 1.82) is 0 Å². The van der Waals surface area contributed by atoms with Crippen molar-refractivity contribution in [1.82, 2.24) is 15.1 Å². The number of urea groups is 1. The third-order valence-electron chi connectivity index (χ3n) is 6.21. The number of hydrogen-bond donors (Lipinski definition) is 1. The second-order valence-corrected chi connectivity index (χ2v) is 11.2. The Morgan fingerprint density at radius 3 is 2.60 bits per heavy atom. The smallest absolute Gasteiger partial charge is 0.318 e. The van der Waals surface area contributed by atoms with Crippen LogP contribution in [0.15, 0.2) is 35.7 Å². The molecule has 35 heavy (non-hydrogen) atoms. The monoisotopic (exact) mass is 501 g/mol. The van der Waals surface area contributed by atoms with Gasteiger partial charge in [0.05, 0.1) is 13.2 Å². The first-order valence-electron chi connectivity index (χ1n) is 12.3. The maximum Gasteiger partial charge on any atom is 0.318 e. The van der Waals surface area contributed by atoms with Crippen LogP contribution in [-0.4, -0.2) is 60.6 Å². The highest BCUT2D eigenvalue weighted by molar-refractivity contribution is 7.10. The molecule has 0 fully saturated rings. The van der Waals surface area contributed by atoms with Crippen LogP contribution < -0.4 is 14.8 Å². The summed E-state index contributed by atoms with van der Waals surface area (Å²) in [5.74, 6) is 1.53. The molecule has 1 aliphatic rings. The molecule has 192 valence electrons. The second-order valence-electron chi connectivity index (χ2n) is 10.2. The van der Waals surface area contributed by atoms with Crippen LogP contribution in [0.5, 0.6) is 11.5 Å². The summed E-state index contributed by atoms with van der Waals surface area (Å²) in [7, 11) is 1.62. The summed E-state index contributed by atoms with van der Waals surface area (Å²) in [6, 6.07) is 9.17. The van der Waals surface area contributed by atoms with Gasteiger partial charge in [-0.05, 0) is 62.3 Å². The number of methoxy groups -OCH3 is 1. The van der Waals surface area contributed by atoms with E-state index < -0.39 is 0 Å². The number of thiophene rings is 1. The lowest BCUT2D eigenvalue weighted by molar-refractivity contribution is -0.135. The van der Waals surface area contributed by atoms with Gasteiger partial charge < -0.3 is 24.6 Å². The lowest BCUT2D eigenvalue weighted by Gasteiger charge is -2.38. The normalized spacial score (nSPS) is 16.3. The molecule has 2 atom stereocenters. The molecule has 0 aliphatic carbocycles. The number of rotatable bonds is 9. The SMILES string of the molecule is CC[C@@H](C)CN(CC(=O)N1CCc2sccc2[C@H]1COc1ccccc1OC)C(=O)NC(C)(C)C. The molecular weight excluding hydrogens is 462 g/mol. The van der Waals surface area contributed by atoms with Crippen LogP contribution in [0.3, 0.4) is 0 Å². The number of carbonyl (C=O) groups is 2. The molecule has 0 unspecified atom stereocenters. The number of ether oxygens (including phenoxy) is 2. The van der Waals surface area contributed by atoms with E-state index in [1.54, 1.807) is 23.3 Å². The van der Waals surface area contributed by atoms with Crippen LogP contribution in [0.1, 0.15) is 57.5 Å². The lowest BCUT2D eigenvalue weighted by atomic mass is 10.00. The summed E-state index contributed by atoms with van der Waals surface area (Å²) < 4.78 is 11.6. The number of fused-ring (bicyclic) bond motifs is 1. The molecule has 8 heteroatoms. The Morgan fingerprint density at radius 1 is 1.23 bits per heavy atom. The number of nitrogens with zero attached hydrogens (tertiary/aromatic N) is 2. The van der Waals surface area contributed by atoms with Crippen molar-refractivity contribution >= 4 is 23.3 Å². The Bertz CT molecular complexity index is 1000. The molecule has 0 radical (unpaired) electrons. The molecule has 1 aromatic heterocycles. The number of hydrogen-bond acceptors (Lipinski definition) is 5. The summed E-state index contributed by atoms with van der Waals surface area (Å²) in [6.07, 6.45) is 1.74. The largest absolute Gasteiger partial charge is 0.493 e. The summed E-state index contributed by atoms with van der Waals surface area (Å²) in [4.78, 5) is 31.5. The van der Waals surface area contributed by atoms with Crippen molar-refractivity contribution in [3.05, 3.63) is 46.2 Å². The molecule has 1 aliphatic heterocycles. The summed E-state index contributed by atoms with van der Waals surface area (Å²) in [5, 5.41) is 5.09. The highest BCUT2D eigenvalue weighted by Gasteiger charge is 2.34. The Balaban J connectivity index is 1.79. The number of carbonyl (C=O) groups excluding carboxylic acids is 2. The second kappa shape index (κ2) is 11.8. The lowest BCUT2D eigenvalue weighted by Crippen LogP contribution is -2.53. The van der Waals surface area contributed by atoms with Crippen LogP contribution >= 0.6 is 11.3 Å².